The zero-order chi connectivity index (χ0) is 15.4. The molecule has 0 aliphatic rings. The number of hydrogen-bond acceptors (Lipinski definition) is 6. The first-order valence-corrected chi connectivity index (χ1v) is 7.47. The second-order valence-corrected chi connectivity index (χ2v) is 5.56. The number of nitrogens with zero attached hydrogens (tertiary/aromatic N) is 3. The molecule has 21 heavy (non-hydrogen) atoms. The second kappa shape index (κ2) is 6.67. The molecule has 0 bridgehead atoms. The molecule has 0 atom stereocenters. The Hall–Kier alpha value is -1.95. The molecule has 0 fully saturated rings. The molecule has 0 aliphatic carbocycles. The van der Waals surface area contributed by atoms with Gasteiger partial charge in [-0.25, -0.2) is 14.8 Å². The van der Waals surface area contributed by atoms with Crippen LogP contribution in [0.3, 0.4) is 0 Å². The smallest absolute Gasteiger partial charge is 0.339 e. The third-order valence-corrected chi connectivity index (χ3v) is 4.09. The van der Waals surface area contributed by atoms with Crippen LogP contribution < -0.4 is 0 Å². The van der Waals surface area contributed by atoms with Gasteiger partial charge in [0.25, 0.3) is 0 Å². The van der Waals surface area contributed by atoms with E-state index in [4.69, 9.17) is 0 Å². The number of methoxy groups -OCH3 is 1. The number of rotatable bonds is 4. The van der Waals surface area contributed by atoms with E-state index in [0.717, 1.165) is 27.8 Å². The highest BCUT2D eigenvalue weighted by molar-refractivity contribution is 7.98. The summed E-state index contributed by atoms with van der Waals surface area (Å²) in [7, 11) is 1.35. The molecular formula is C15H17N3O2S. The Morgan fingerprint density at radius 2 is 1.86 bits per heavy atom. The second-order valence-electron chi connectivity index (χ2n) is 4.62. The fourth-order valence-electron chi connectivity index (χ4n) is 1.69. The van der Waals surface area contributed by atoms with Gasteiger partial charge in [-0.15, -0.1) is 0 Å². The summed E-state index contributed by atoms with van der Waals surface area (Å²) in [5.74, 6) is 0.276. The lowest BCUT2D eigenvalue weighted by Gasteiger charge is -2.06. The molecule has 0 aliphatic heterocycles. The van der Waals surface area contributed by atoms with Crippen LogP contribution in [0.4, 0.5) is 0 Å². The average Bonchev–Trinajstić information content (AvgIpc) is 2.50. The Labute approximate surface area is 128 Å². The first kappa shape index (κ1) is 15.4. The number of esters is 1. The molecule has 0 unspecified atom stereocenters. The lowest BCUT2D eigenvalue weighted by molar-refractivity contribution is 0.0600. The molecule has 0 spiro atoms. The van der Waals surface area contributed by atoms with Crippen LogP contribution in [0.2, 0.25) is 0 Å². The van der Waals surface area contributed by atoms with Crippen molar-refractivity contribution in [3.63, 3.8) is 0 Å². The minimum Gasteiger partial charge on any atom is -0.465 e. The summed E-state index contributed by atoms with van der Waals surface area (Å²) >= 11 is 1.53. The molecule has 0 aromatic carbocycles. The molecule has 110 valence electrons. The molecule has 0 N–H and O–H groups in total. The topological polar surface area (TPSA) is 65.0 Å². The highest BCUT2D eigenvalue weighted by Gasteiger charge is 2.08. The molecule has 2 aromatic rings. The molecular weight excluding hydrogens is 286 g/mol. The van der Waals surface area contributed by atoms with E-state index < -0.39 is 0 Å². The summed E-state index contributed by atoms with van der Waals surface area (Å²) in [6.07, 6.45) is 1.52. The summed E-state index contributed by atoms with van der Waals surface area (Å²) in [5.41, 5.74) is 4.44. The van der Waals surface area contributed by atoms with Crippen LogP contribution in [-0.4, -0.2) is 28.0 Å². The van der Waals surface area contributed by atoms with Gasteiger partial charge in [-0.3, -0.25) is 4.98 Å². The zero-order valence-electron chi connectivity index (χ0n) is 12.5. The first-order chi connectivity index (χ1) is 10.0. The molecule has 5 nitrogen and oxygen atoms in total. The Kier molecular flexibility index (Phi) is 4.90. The summed E-state index contributed by atoms with van der Waals surface area (Å²) in [5, 5.41) is 0.745. The third-order valence-electron chi connectivity index (χ3n) is 3.21. The molecule has 0 amide bonds. The fourth-order valence-corrected chi connectivity index (χ4v) is 2.54. The minimum absolute atomic E-state index is 0.380. The number of aromatic nitrogens is 3. The molecule has 0 saturated heterocycles. The maximum Gasteiger partial charge on any atom is 0.339 e. The van der Waals surface area contributed by atoms with E-state index >= 15 is 0 Å². The minimum atomic E-state index is -0.380. The van der Waals surface area contributed by atoms with Crippen LogP contribution in [0.15, 0.2) is 23.5 Å². The van der Waals surface area contributed by atoms with Crippen molar-refractivity contribution in [3.8, 4) is 0 Å². The van der Waals surface area contributed by atoms with Gasteiger partial charge >= 0.3 is 5.97 Å². The normalized spacial score (nSPS) is 10.5. The largest absolute Gasteiger partial charge is 0.465 e. The van der Waals surface area contributed by atoms with E-state index in [-0.39, 0.29) is 5.97 Å². The zero-order valence-corrected chi connectivity index (χ0v) is 13.3. The van der Waals surface area contributed by atoms with E-state index in [1.165, 1.54) is 25.1 Å². The quantitative estimate of drug-likeness (QED) is 0.491. The number of carbonyl (C=O) groups excluding carboxylic acids is 1. The Balaban J connectivity index is 2.05. The van der Waals surface area contributed by atoms with Crippen LogP contribution in [0, 0.1) is 20.8 Å². The van der Waals surface area contributed by atoms with Gasteiger partial charge in [0, 0.05) is 23.3 Å². The van der Waals surface area contributed by atoms with Crippen molar-refractivity contribution < 1.29 is 9.53 Å². The van der Waals surface area contributed by atoms with E-state index in [0.29, 0.717) is 11.3 Å². The molecule has 2 aromatic heterocycles. The van der Waals surface area contributed by atoms with Crippen LogP contribution in [0.5, 0.6) is 0 Å². The predicted octanol–water partition coefficient (Wildman–Crippen LogP) is 2.88. The maximum absolute atomic E-state index is 11.3. The molecule has 2 heterocycles. The Bertz CT molecular complexity index is 633. The summed E-state index contributed by atoms with van der Waals surface area (Å²) in [6, 6.07) is 3.52. The Morgan fingerprint density at radius 1 is 1.19 bits per heavy atom. The SMILES string of the molecule is COC(=O)c1ccc(CSc2nc(C)c(C)c(C)n2)nc1. The van der Waals surface area contributed by atoms with Crippen LogP contribution in [0.25, 0.3) is 0 Å². The van der Waals surface area contributed by atoms with Gasteiger partial charge in [-0.2, -0.15) is 0 Å². The number of aryl methyl sites for hydroxylation is 2. The summed E-state index contributed by atoms with van der Waals surface area (Å²) < 4.78 is 4.64. The highest BCUT2D eigenvalue weighted by Crippen LogP contribution is 2.20. The number of thioether (sulfide) groups is 1. The Morgan fingerprint density at radius 3 is 2.38 bits per heavy atom. The van der Waals surface area contributed by atoms with Crippen molar-refractivity contribution in [2.75, 3.05) is 7.11 Å². The van der Waals surface area contributed by atoms with E-state index in [1.54, 1.807) is 6.07 Å². The van der Waals surface area contributed by atoms with Crippen molar-refractivity contribution in [1.29, 1.82) is 0 Å². The molecule has 2 rings (SSSR count). The van der Waals surface area contributed by atoms with Crippen LogP contribution in [0.1, 0.15) is 33.0 Å². The van der Waals surface area contributed by atoms with Gasteiger partial charge in [0.2, 0.25) is 0 Å². The molecule has 0 saturated carbocycles. The standard InChI is InChI=1S/C15H17N3O2S/c1-9-10(2)17-15(18-11(9)3)21-8-13-6-5-12(7-16-13)14(19)20-4/h5-7H,8H2,1-4H3. The lowest BCUT2D eigenvalue weighted by atomic mass is 10.2. The van der Waals surface area contributed by atoms with Crippen molar-refractivity contribution >= 4 is 17.7 Å². The third kappa shape index (κ3) is 3.78. The van der Waals surface area contributed by atoms with Gasteiger partial charge in [-0.1, -0.05) is 11.8 Å². The van der Waals surface area contributed by atoms with Crippen molar-refractivity contribution in [2.45, 2.75) is 31.7 Å². The highest BCUT2D eigenvalue weighted by atomic mass is 32.2. The van der Waals surface area contributed by atoms with E-state index in [1.807, 2.05) is 26.8 Å². The van der Waals surface area contributed by atoms with Crippen molar-refractivity contribution in [2.24, 2.45) is 0 Å². The average molecular weight is 303 g/mol. The summed E-state index contributed by atoms with van der Waals surface area (Å²) in [4.78, 5) is 24.5. The van der Waals surface area contributed by atoms with Gasteiger partial charge in [0.1, 0.15) is 0 Å². The number of pyridine rings is 1. The van der Waals surface area contributed by atoms with Crippen LogP contribution >= 0.6 is 11.8 Å². The van der Waals surface area contributed by atoms with E-state index in [9.17, 15) is 4.79 Å². The predicted molar refractivity (Wildman–Crippen MR) is 81.4 cm³/mol. The van der Waals surface area contributed by atoms with Crippen LogP contribution in [-0.2, 0) is 10.5 Å². The van der Waals surface area contributed by atoms with E-state index in [2.05, 4.69) is 19.7 Å². The van der Waals surface area contributed by atoms with Gasteiger partial charge in [-0.05, 0) is 38.5 Å². The van der Waals surface area contributed by atoms with Crippen molar-refractivity contribution in [1.82, 2.24) is 15.0 Å². The molecule has 0 radical (unpaired) electrons. The first-order valence-electron chi connectivity index (χ1n) is 6.49. The monoisotopic (exact) mass is 303 g/mol. The number of carbonyl (C=O) groups is 1. The maximum atomic E-state index is 11.3. The van der Waals surface area contributed by atoms with Gasteiger partial charge in [0.05, 0.1) is 18.4 Å². The molecule has 6 heteroatoms. The van der Waals surface area contributed by atoms with Crippen molar-refractivity contribution in [3.05, 3.63) is 46.5 Å². The number of hydrogen-bond donors (Lipinski definition) is 0. The lowest BCUT2D eigenvalue weighted by Crippen LogP contribution is -2.02. The van der Waals surface area contributed by atoms with Gasteiger partial charge in [0.15, 0.2) is 5.16 Å². The fraction of sp³-hybridized carbons (Fsp3) is 0.333. The van der Waals surface area contributed by atoms with Gasteiger partial charge < -0.3 is 4.74 Å². The summed E-state index contributed by atoms with van der Waals surface area (Å²) in [6.45, 7) is 5.99. The number of ether oxygens (including phenoxy) is 1.